The van der Waals surface area contributed by atoms with E-state index in [2.05, 4.69) is 11.2 Å². The third-order valence-electron chi connectivity index (χ3n) is 2.82. The molecular formula is C15H20N2O2. The molecule has 0 aliphatic heterocycles. The van der Waals surface area contributed by atoms with E-state index in [0.29, 0.717) is 6.42 Å². The summed E-state index contributed by atoms with van der Waals surface area (Å²) in [7, 11) is 0. The maximum atomic E-state index is 11.9. The number of carbonyl (C=O) groups excluding carboxylic acids is 1. The molecule has 0 fully saturated rings. The highest BCUT2D eigenvalue weighted by molar-refractivity contribution is 5.82. The highest BCUT2D eigenvalue weighted by Crippen LogP contribution is 2.11. The Bertz CT molecular complexity index is 448. The second-order valence-corrected chi connectivity index (χ2v) is 4.49. The van der Waals surface area contributed by atoms with Gasteiger partial charge in [-0.25, -0.2) is 0 Å². The molecule has 0 aromatic heterocycles. The molecule has 102 valence electrons. The smallest absolute Gasteiger partial charge is 0.238 e. The van der Waals surface area contributed by atoms with Crippen LogP contribution in [0.2, 0.25) is 0 Å². The average molecular weight is 260 g/mol. The molecule has 0 saturated heterocycles. The molecule has 4 N–H and O–H groups in total. The third-order valence-corrected chi connectivity index (χ3v) is 2.82. The number of phenolic OH excluding ortho intramolecular Hbond substituents is 1. The van der Waals surface area contributed by atoms with Gasteiger partial charge in [0.15, 0.2) is 0 Å². The van der Waals surface area contributed by atoms with Gasteiger partial charge in [0.25, 0.3) is 0 Å². The molecule has 2 atom stereocenters. The van der Waals surface area contributed by atoms with Crippen molar-refractivity contribution in [3.63, 3.8) is 0 Å². The molecule has 0 heterocycles. The van der Waals surface area contributed by atoms with Crippen LogP contribution in [0.4, 0.5) is 0 Å². The third kappa shape index (κ3) is 5.02. The first-order valence-electron chi connectivity index (χ1n) is 6.36. The molecule has 4 heteroatoms. The molecule has 1 aromatic carbocycles. The van der Waals surface area contributed by atoms with Gasteiger partial charge in [0.1, 0.15) is 5.75 Å². The standard InChI is InChI=1S/C15H20N2O2/c1-3-5-12(4-2)17-15(19)14(16)10-11-6-8-13(18)9-7-11/h2,6-9,12,14,18H,3,5,10,16H2,1H3,(H,17,19)/t12?,14-/m1/s1. The van der Waals surface area contributed by atoms with Crippen molar-refractivity contribution >= 4 is 5.91 Å². The summed E-state index contributed by atoms with van der Waals surface area (Å²) in [6.07, 6.45) is 7.40. The number of amides is 1. The quantitative estimate of drug-likeness (QED) is 0.672. The number of nitrogens with one attached hydrogen (secondary N) is 1. The van der Waals surface area contributed by atoms with Gasteiger partial charge in [-0.2, -0.15) is 0 Å². The fraction of sp³-hybridized carbons (Fsp3) is 0.400. The van der Waals surface area contributed by atoms with Gasteiger partial charge in [-0.1, -0.05) is 31.4 Å². The van der Waals surface area contributed by atoms with E-state index in [-0.39, 0.29) is 17.7 Å². The van der Waals surface area contributed by atoms with Crippen LogP contribution in [0.25, 0.3) is 0 Å². The number of phenols is 1. The van der Waals surface area contributed by atoms with E-state index in [1.54, 1.807) is 24.3 Å². The van der Waals surface area contributed by atoms with Crippen LogP contribution in [0.5, 0.6) is 5.75 Å². The van der Waals surface area contributed by atoms with Crippen LogP contribution in [0.1, 0.15) is 25.3 Å². The number of benzene rings is 1. The van der Waals surface area contributed by atoms with Gasteiger partial charge >= 0.3 is 0 Å². The fourth-order valence-corrected chi connectivity index (χ4v) is 1.74. The maximum Gasteiger partial charge on any atom is 0.238 e. The molecular weight excluding hydrogens is 240 g/mol. The minimum atomic E-state index is -0.641. The lowest BCUT2D eigenvalue weighted by molar-refractivity contribution is -0.122. The predicted molar refractivity (Wildman–Crippen MR) is 75.5 cm³/mol. The highest BCUT2D eigenvalue weighted by atomic mass is 16.3. The molecule has 0 aliphatic rings. The first-order valence-corrected chi connectivity index (χ1v) is 6.36. The molecule has 0 spiro atoms. The van der Waals surface area contributed by atoms with Crippen molar-refractivity contribution in [2.24, 2.45) is 5.73 Å². The van der Waals surface area contributed by atoms with Crippen molar-refractivity contribution in [2.75, 3.05) is 0 Å². The Labute approximate surface area is 114 Å². The van der Waals surface area contributed by atoms with Gasteiger partial charge in [0, 0.05) is 0 Å². The molecule has 0 saturated carbocycles. The normalized spacial score (nSPS) is 13.3. The first-order chi connectivity index (χ1) is 9.06. The minimum Gasteiger partial charge on any atom is -0.508 e. The van der Waals surface area contributed by atoms with Crippen LogP contribution in [0.15, 0.2) is 24.3 Å². The predicted octanol–water partition coefficient (Wildman–Crippen LogP) is 1.18. The summed E-state index contributed by atoms with van der Waals surface area (Å²) in [6, 6.07) is 5.73. The molecule has 19 heavy (non-hydrogen) atoms. The van der Waals surface area contributed by atoms with E-state index in [0.717, 1.165) is 18.4 Å². The van der Waals surface area contributed by atoms with Crippen LogP contribution >= 0.6 is 0 Å². The number of hydrogen-bond donors (Lipinski definition) is 3. The Morgan fingerprint density at radius 1 is 1.47 bits per heavy atom. The second-order valence-electron chi connectivity index (χ2n) is 4.49. The van der Waals surface area contributed by atoms with Gasteiger partial charge in [-0.15, -0.1) is 6.42 Å². The van der Waals surface area contributed by atoms with Crippen LogP contribution in [-0.4, -0.2) is 23.1 Å². The van der Waals surface area contributed by atoms with E-state index >= 15 is 0 Å². The van der Waals surface area contributed by atoms with E-state index in [4.69, 9.17) is 12.2 Å². The number of terminal acetylenes is 1. The van der Waals surface area contributed by atoms with E-state index < -0.39 is 6.04 Å². The summed E-state index contributed by atoms with van der Waals surface area (Å²) < 4.78 is 0. The monoisotopic (exact) mass is 260 g/mol. The molecule has 0 aliphatic carbocycles. The number of rotatable bonds is 6. The fourth-order valence-electron chi connectivity index (χ4n) is 1.74. The lowest BCUT2D eigenvalue weighted by Crippen LogP contribution is -2.46. The first kappa shape index (κ1) is 15.1. The SMILES string of the molecule is C#CC(CCC)NC(=O)[C@H](N)Cc1ccc(O)cc1. The Kier molecular flexibility index (Phi) is 5.91. The summed E-state index contributed by atoms with van der Waals surface area (Å²) in [5, 5.41) is 11.9. The Morgan fingerprint density at radius 2 is 2.11 bits per heavy atom. The van der Waals surface area contributed by atoms with Crippen molar-refractivity contribution < 1.29 is 9.90 Å². The molecule has 0 radical (unpaired) electrons. The lowest BCUT2D eigenvalue weighted by atomic mass is 10.1. The number of carbonyl (C=O) groups is 1. The van der Waals surface area contributed by atoms with Crippen LogP contribution in [0.3, 0.4) is 0 Å². The summed E-state index contributed by atoms with van der Waals surface area (Å²) in [5.74, 6) is 2.49. The van der Waals surface area contributed by atoms with Crippen molar-refractivity contribution in [3.8, 4) is 18.1 Å². The number of nitrogens with two attached hydrogens (primary N) is 1. The Balaban J connectivity index is 2.53. The number of aromatic hydroxyl groups is 1. The minimum absolute atomic E-state index is 0.192. The molecule has 4 nitrogen and oxygen atoms in total. The maximum absolute atomic E-state index is 11.9. The number of hydrogen-bond acceptors (Lipinski definition) is 3. The summed E-state index contributed by atoms with van der Waals surface area (Å²) in [4.78, 5) is 11.9. The Hall–Kier alpha value is -1.99. The Morgan fingerprint density at radius 3 is 2.63 bits per heavy atom. The van der Waals surface area contributed by atoms with Crippen LogP contribution in [-0.2, 0) is 11.2 Å². The molecule has 1 amide bonds. The summed E-state index contributed by atoms with van der Waals surface area (Å²) >= 11 is 0. The average Bonchev–Trinajstić information content (AvgIpc) is 2.40. The topological polar surface area (TPSA) is 75.4 Å². The summed E-state index contributed by atoms with van der Waals surface area (Å²) in [5.41, 5.74) is 6.74. The van der Waals surface area contributed by atoms with Crippen LogP contribution < -0.4 is 11.1 Å². The van der Waals surface area contributed by atoms with Crippen molar-refractivity contribution in [3.05, 3.63) is 29.8 Å². The summed E-state index contributed by atoms with van der Waals surface area (Å²) in [6.45, 7) is 2.01. The van der Waals surface area contributed by atoms with Gasteiger partial charge in [0.05, 0.1) is 12.1 Å². The van der Waals surface area contributed by atoms with Gasteiger partial charge in [0.2, 0.25) is 5.91 Å². The zero-order valence-electron chi connectivity index (χ0n) is 11.1. The largest absolute Gasteiger partial charge is 0.508 e. The van der Waals surface area contributed by atoms with Crippen molar-refractivity contribution in [1.82, 2.24) is 5.32 Å². The van der Waals surface area contributed by atoms with Crippen molar-refractivity contribution in [1.29, 1.82) is 0 Å². The van der Waals surface area contributed by atoms with E-state index in [9.17, 15) is 9.90 Å². The molecule has 1 unspecified atom stereocenters. The second kappa shape index (κ2) is 7.45. The van der Waals surface area contributed by atoms with Gasteiger partial charge < -0.3 is 16.2 Å². The zero-order chi connectivity index (χ0) is 14.3. The lowest BCUT2D eigenvalue weighted by Gasteiger charge is -2.16. The van der Waals surface area contributed by atoms with Gasteiger partial charge in [-0.05, 0) is 30.5 Å². The van der Waals surface area contributed by atoms with Gasteiger partial charge in [-0.3, -0.25) is 4.79 Å². The van der Waals surface area contributed by atoms with E-state index in [1.807, 2.05) is 6.92 Å². The van der Waals surface area contributed by atoms with Crippen molar-refractivity contribution in [2.45, 2.75) is 38.3 Å². The highest BCUT2D eigenvalue weighted by Gasteiger charge is 2.16. The van der Waals surface area contributed by atoms with Crippen LogP contribution in [0, 0.1) is 12.3 Å². The molecule has 1 rings (SSSR count). The molecule has 0 bridgehead atoms. The zero-order valence-corrected chi connectivity index (χ0v) is 11.1. The molecule has 1 aromatic rings. The van der Waals surface area contributed by atoms with E-state index in [1.165, 1.54) is 0 Å².